The average Bonchev–Trinajstić information content (AvgIpc) is 2.42. The Morgan fingerprint density at radius 1 is 1.33 bits per heavy atom. The Kier molecular flexibility index (Phi) is 6.44. The smallest absolute Gasteiger partial charge is 0.223 e. The predicted octanol–water partition coefficient (Wildman–Crippen LogP) is 2.66. The maximum absolute atomic E-state index is 12.0. The van der Waals surface area contributed by atoms with Gasteiger partial charge in [0.25, 0.3) is 0 Å². The van der Waals surface area contributed by atoms with E-state index >= 15 is 0 Å². The fourth-order valence-electron chi connectivity index (χ4n) is 1.88. The molecular weight excluding hydrogens is 226 g/mol. The number of carbonyl (C=O) groups is 1. The zero-order valence-corrected chi connectivity index (χ0v) is 11.2. The molecule has 3 heteroatoms. The van der Waals surface area contributed by atoms with Gasteiger partial charge in [-0.15, -0.1) is 0 Å². The Bertz CT molecular complexity index is 351. The summed E-state index contributed by atoms with van der Waals surface area (Å²) in [7, 11) is 0. The molecule has 0 aliphatic rings. The van der Waals surface area contributed by atoms with Crippen LogP contribution in [-0.2, 0) is 4.79 Å². The predicted molar refractivity (Wildman–Crippen MR) is 73.1 cm³/mol. The molecule has 0 aromatic heterocycles. The van der Waals surface area contributed by atoms with E-state index in [1.807, 2.05) is 37.3 Å². The van der Waals surface area contributed by atoms with Crippen molar-refractivity contribution >= 4 is 5.91 Å². The molecule has 2 atom stereocenters. The molecule has 0 aliphatic heterocycles. The number of unbranched alkanes of at least 4 members (excludes halogenated alkanes) is 1. The summed E-state index contributed by atoms with van der Waals surface area (Å²) in [4.78, 5) is 12.0. The molecule has 0 saturated heterocycles. The van der Waals surface area contributed by atoms with Crippen LogP contribution < -0.4 is 5.32 Å². The van der Waals surface area contributed by atoms with Gasteiger partial charge in [-0.2, -0.15) is 0 Å². The van der Waals surface area contributed by atoms with Crippen LogP contribution in [0.25, 0.3) is 0 Å². The van der Waals surface area contributed by atoms with Crippen molar-refractivity contribution in [2.24, 2.45) is 5.92 Å². The quantitative estimate of drug-likeness (QED) is 0.780. The number of benzene rings is 1. The van der Waals surface area contributed by atoms with Crippen LogP contribution in [0.4, 0.5) is 0 Å². The van der Waals surface area contributed by atoms with Crippen molar-refractivity contribution in [3.8, 4) is 0 Å². The van der Waals surface area contributed by atoms with Crippen LogP contribution in [-0.4, -0.2) is 17.6 Å². The summed E-state index contributed by atoms with van der Waals surface area (Å²) >= 11 is 0. The molecule has 1 amide bonds. The molecule has 0 fully saturated rings. The highest BCUT2D eigenvalue weighted by Crippen LogP contribution is 2.14. The van der Waals surface area contributed by atoms with Gasteiger partial charge in [-0.05, 0) is 12.0 Å². The number of hydrogen-bond donors (Lipinski definition) is 2. The summed E-state index contributed by atoms with van der Waals surface area (Å²) in [5.74, 6) is 0.0223. The van der Waals surface area contributed by atoms with E-state index in [0.717, 1.165) is 24.8 Å². The Hall–Kier alpha value is -1.35. The van der Waals surface area contributed by atoms with Crippen LogP contribution in [0.1, 0.15) is 44.7 Å². The fraction of sp³-hybridized carbons (Fsp3) is 0.533. The number of amides is 1. The molecule has 0 spiro atoms. The molecule has 2 N–H and O–H groups in total. The van der Waals surface area contributed by atoms with Crippen LogP contribution >= 0.6 is 0 Å². The minimum Gasteiger partial charge on any atom is -0.394 e. The van der Waals surface area contributed by atoms with Gasteiger partial charge in [0.2, 0.25) is 5.91 Å². The molecule has 0 heterocycles. The first-order valence-electron chi connectivity index (χ1n) is 6.65. The van der Waals surface area contributed by atoms with Crippen molar-refractivity contribution in [3.63, 3.8) is 0 Å². The van der Waals surface area contributed by atoms with Crippen LogP contribution in [0.2, 0.25) is 0 Å². The molecule has 1 aromatic rings. The van der Waals surface area contributed by atoms with Gasteiger partial charge in [0, 0.05) is 5.92 Å². The Morgan fingerprint density at radius 3 is 2.56 bits per heavy atom. The minimum atomic E-state index is -0.303. The number of aliphatic hydroxyl groups is 1. The topological polar surface area (TPSA) is 49.3 Å². The summed E-state index contributed by atoms with van der Waals surface area (Å²) < 4.78 is 0. The van der Waals surface area contributed by atoms with Crippen molar-refractivity contribution in [2.45, 2.75) is 39.2 Å². The molecule has 1 unspecified atom stereocenters. The highest BCUT2D eigenvalue weighted by Gasteiger charge is 2.17. The van der Waals surface area contributed by atoms with Crippen molar-refractivity contribution < 1.29 is 9.90 Å². The van der Waals surface area contributed by atoms with Gasteiger partial charge in [0.15, 0.2) is 0 Å². The first-order valence-corrected chi connectivity index (χ1v) is 6.65. The first kappa shape index (κ1) is 14.7. The second-order valence-electron chi connectivity index (χ2n) is 4.70. The number of aliphatic hydroxyl groups excluding tert-OH is 1. The molecule has 1 rings (SSSR count). The largest absolute Gasteiger partial charge is 0.394 e. The second-order valence-corrected chi connectivity index (χ2v) is 4.70. The highest BCUT2D eigenvalue weighted by molar-refractivity contribution is 5.78. The van der Waals surface area contributed by atoms with Gasteiger partial charge in [-0.1, -0.05) is 57.0 Å². The zero-order chi connectivity index (χ0) is 13.4. The highest BCUT2D eigenvalue weighted by atomic mass is 16.3. The average molecular weight is 249 g/mol. The maximum Gasteiger partial charge on any atom is 0.223 e. The van der Waals surface area contributed by atoms with Gasteiger partial charge in [-0.25, -0.2) is 0 Å². The summed E-state index contributed by atoms with van der Waals surface area (Å²) in [5, 5.41) is 12.3. The summed E-state index contributed by atoms with van der Waals surface area (Å²) in [6.45, 7) is 3.98. The zero-order valence-electron chi connectivity index (χ0n) is 11.2. The lowest BCUT2D eigenvalue weighted by Crippen LogP contribution is -2.34. The third-order valence-corrected chi connectivity index (χ3v) is 3.14. The third-order valence-electron chi connectivity index (χ3n) is 3.14. The van der Waals surface area contributed by atoms with Gasteiger partial charge in [0.1, 0.15) is 0 Å². The van der Waals surface area contributed by atoms with Crippen molar-refractivity contribution in [1.82, 2.24) is 5.32 Å². The van der Waals surface area contributed by atoms with E-state index in [4.69, 9.17) is 0 Å². The summed E-state index contributed by atoms with van der Waals surface area (Å²) in [5.41, 5.74) is 0.941. The summed E-state index contributed by atoms with van der Waals surface area (Å²) in [6, 6.07) is 9.26. The normalized spacial score (nSPS) is 13.9. The monoisotopic (exact) mass is 249 g/mol. The molecule has 18 heavy (non-hydrogen) atoms. The Balaban J connectivity index is 2.56. The van der Waals surface area contributed by atoms with Crippen molar-refractivity contribution in [1.29, 1.82) is 0 Å². The van der Waals surface area contributed by atoms with E-state index in [0.29, 0.717) is 0 Å². The van der Waals surface area contributed by atoms with E-state index in [2.05, 4.69) is 12.2 Å². The molecule has 0 bridgehead atoms. The van der Waals surface area contributed by atoms with Crippen LogP contribution in [0.5, 0.6) is 0 Å². The summed E-state index contributed by atoms with van der Waals surface area (Å²) in [6.07, 6.45) is 3.05. The molecule has 100 valence electrons. The third kappa shape index (κ3) is 4.49. The first-order chi connectivity index (χ1) is 8.69. The molecule has 0 saturated carbocycles. The Labute approximate surface area is 109 Å². The van der Waals surface area contributed by atoms with E-state index in [1.165, 1.54) is 0 Å². The number of hydrogen-bond acceptors (Lipinski definition) is 2. The van der Waals surface area contributed by atoms with Crippen LogP contribution in [0.15, 0.2) is 30.3 Å². The van der Waals surface area contributed by atoms with E-state index in [1.54, 1.807) is 0 Å². The lowest BCUT2D eigenvalue weighted by molar-refractivity contribution is -0.125. The number of rotatable bonds is 7. The number of nitrogens with one attached hydrogen (secondary N) is 1. The number of carbonyl (C=O) groups excluding carboxylic acids is 1. The molecule has 0 aliphatic carbocycles. The van der Waals surface area contributed by atoms with Gasteiger partial charge < -0.3 is 10.4 Å². The maximum atomic E-state index is 12.0. The van der Waals surface area contributed by atoms with Crippen molar-refractivity contribution in [3.05, 3.63) is 35.9 Å². The van der Waals surface area contributed by atoms with E-state index in [9.17, 15) is 9.90 Å². The minimum absolute atomic E-state index is 0.00251. The molecular formula is C15H23NO2. The molecule has 0 radical (unpaired) electrons. The molecule has 1 aromatic carbocycles. The second kappa shape index (κ2) is 7.88. The van der Waals surface area contributed by atoms with Crippen LogP contribution in [0.3, 0.4) is 0 Å². The Morgan fingerprint density at radius 2 is 2.00 bits per heavy atom. The molecule has 3 nitrogen and oxygen atoms in total. The van der Waals surface area contributed by atoms with Gasteiger partial charge in [0.05, 0.1) is 12.6 Å². The standard InChI is InChI=1S/C15H23NO2/c1-3-4-8-12(2)15(18)16-14(11-17)13-9-6-5-7-10-13/h5-7,9-10,12,14,17H,3-4,8,11H2,1-2H3,(H,16,18)/t12?,14-/m0/s1. The van der Waals surface area contributed by atoms with Crippen molar-refractivity contribution in [2.75, 3.05) is 6.61 Å². The fourth-order valence-corrected chi connectivity index (χ4v) is 1.88. The SMILES string of the molecule is CCCCC(C)C(=O)N[C@@H](CO)c1ccccc1. The van der Waals surface area contributed by atoms with Crippen LogP contribution in [0, 0.1) is 5.92 Å². The van der Waals surface area contributed by atoms with Gasteiger partial charge in [-0.3, -0.25) is 4.79 Å². The van der Waals surface area contributed by atoms with E-state index < -0.39 is 0 Å². The lowest BCUT2D eigenvalue weighted by atomic mass is 10.0. The van der Waals surface area contributed by atoms with Gasteiger partial charge >= 0.3 is 0 Å². The van der Waals surface area contributed by atoms with E-state index in [-0.39, 0.29) is 24.5 Å². The lowest BCUT2D eigenvalue weighted by Gasteiger charge is -2.19.